The van der Waals surface area contributed by atoms with Crippen molar-refractivity contribution in [1.82, 2.24) is 24.5 Å². The molecule has 1 saturated heterocycles. The molecule has 1 amide bonds. The molecule has 202 valence electrons. The lowest BCUT2D eigenvalue weighted by molar-refractivity contribution is -0.142. The number of aromatic nitrogens is 4. The Hall–Kier alpha value is -4.15. The molecule has 4 aromatic rings. The SMILES string of the molecule is CO[C@H](C)C(=O)N1CCC(c2nc3c(-c4ccc(-c5cccc(CO)c5)nc4)cnn3c(N)c2C(C)=O)CC1. The van der Waals surface area contributed by atoms with E-state index in [-0.39, 0.29) is 30.0 Å². The molecule has 5 rings (SSSR count). The number of methoxy groups -OCH3 is 1. The fraction of sp³-hybridized carbons (Fsp3) is 0.345. The normalized spacial score (nSPS) is 15.0. The number of carbonyl (C=O) groups excluding carboxylic acids is 2. The van der Waals surface area contributed by atoms with Crippen LogP contribution in [0.4, 0.5) is 5.82 Å². The third-order valence-corrected chi connectivity index (χ3v) is 7.44. The van der Waals surface area contributed by atoms with Gasteiger partial charge in [-0.2, -0.15) is 9.61 Å². The highest BCUT2D eigenvalue weighted by Gasteiger charge is 2.31. The molecule has 39 heavy (non-hydrogen) atoms. The van der Waals surface area contributed by atoms with Gasteiger partial charge in [0.15, 0.2) is 11.4 Å². The number of fused-ring (bicyclic) bond motifs is 1. The third kappa shape index (κ3) is 5.00. The third-order valence-electron chi connectivity index (χ3n) is 7.44. The van der Waals surface area contributed by atoms with Crippen LogP contribution in [0.15, 0.2) is 48.8 Å². The van der Waals surface area contributed by atoms with Gasteiger partial charge in [-0.25, -0.2) is 4.98 Å². The Balaban J connectivity index is 1.49. The Morgan fingerprint density at radius 2 is 1.92 bits per heavy atom. The number of Topliss-reactive ketones (excluding diaryl/α,β-unsaturated/α-hetero) is 1. The molecule has 1 atom stereocenters. The number of nitrogen functional groups attached to an aromatic ring is 1. The number of anilines is 1. The summed E-state index contributed by atoms with van der Waals surface area (Å²) in [6.45, 7) is 4.30. The van der Waals surface area contributed by atoms with Crippen LogP contribution in [0.3, 0.4) is 0 Å². The van der Waals surface area contributed by atoms with Gasteiger partial charge in [-0.15, -0.1) is 0 Å². The minimum Gasteiger partial charge on any atom is -0.392 e. The minimum atomic E-state index is -0.493. The molecule has 1 aromatic carbocycles. The van der Waals surface area contributed by atoms with Crippen molar-refractivity contribution in [1.29, 1.82) is 0 Å². The van der Waals surface area contributed by atoms with E-state index in [1.807, 2.05) is 36.4 Å². The van der Waals surface area contributed by atoms with E-state index in [1.54, 1.807) is 24.2 Å². The average molecular weight is 529 g/mol. The van der Waals surface area contributed by atoms with E-state index in [2.05, 4.69) is 10.1 Å². The van der Waals surface area contributed by atoms with Crippen molar-refractivity contribution in [2.24, 2.45) is 0 Å². The van der Waals surface area contributed by atoms with Crippen LogP contribution in [-0.4, -0.2) is 67.6 Å². The largest absolute Gasteiger partial charge is 0.392 e. The molecule has 4 heterocycles. The van der Waals surface area contributed by atoms with Gasteiger partial charge < -0.3 is 20.5 Å². The zero-order valence-electron chi connectivity index (χ0n) is 22.3. The number of ether oxygens (including phenoxy) is 1. The molecule has 0 bridgehead atoms. The quantitative estimate of drug-likeness (QED) is 0.348. The molecule has 3 aromatic heterocycles. The molecule has 0 saturated carbocycles. The number of aliphatic hydroxyl groups excluding tert-OH is 1. The summed E-state index contributed by atoms with van der Waals surface area (Å²) in [6, 6.07) is 11.5. The number of hydrogen-bond donors (Lipinski definition) is 2. The maximum Gasteiger partial charge on any atom is 0.251 e. The van der Waals surface area contributed by atoms with Crippen molar-refractivity contribution < 1.29 is 19.4 Å². The highest BCUT2D eigenvalue weighted by molar-refractivity contribution is 6.00. The van der Waals surface area contributed by atoms with Gasteiger partial charge in [-0.1, -0.05) is 24.3 Å². The number of piperidine rings is 1. The van der Waals surface area contributed by atoms with Crippen LogP contribution >= 0.6 is 0 Å². The zero-order valence-corrected chi connectivity index (χ0v) is 22.3. The topological polar surface area (TPSA) is 136 Å². The van der Waals surface area contributed by atoms with Crippen LogP contribution in [0.2, 0.25) is 0 Å². The summed E-state index contributed by atoms with van der Waals surface area (Å²) >= 11 is 0. The van der Waals surface area contributed by atoms with Crippen LogP contribution in [0, 0.1) is 0 Å². The zero-order chi connectivity index (χ0) is 27.7. The van der Waals surface area contributed by atoms with Crippen molar-refractivity contribution in [3.8, 4) is 22.4 Å². The lowest BCUT2D eigenvalue weighted by Gasteiger charge is -2.33. The van der Waals surface area contributed by atoms with E-state index >= 15 is 0 Å². The molecule has 0 radical (unpaired) electrons. The molecule has 1 fully saturated rings. The van der Waals surface area contributed by atoms with Gasteiger partial charge in [0.05, 0.1) is 29.8 Å². The van der Waals surface area contributed by atoms with Crippen LogP contribution in [0.1, 0.15) is 54.2 Å². The molecule has 0 aliphatic carbocycles. The molecule has 3 N–H and O–H groups in total. The van der Waals surface area contributed by atoms with Crippen molar-refractivity contribution in [2.75, 3.05) is 25.9 Å². The van der Waals surface area contributed by atoms with Crippen molar-refractivity contribution >= 4 is 23.2 Å². The number of amides is 1. The number of aliphatic hydroxyl groups is 1. The van der Waals surface area contributed by atoms with Crippen LogP contribution < -0.4 is 5.73 Å². The first kappa shape index (κ1) is 26.5. The summed E-state index contributed by atoms with van der Waals surface area (Å²) in [5.74, 6) is 0.0187. The van der Waals surface area contributed by atoms with E-state index in [1.165, 1.54) is 18.5 Å². The van der Waals surface area contributed by atoms with Crippen LogP contribution in [0.25, 0.3) is 28.0 Å². The van der Waals surface area contributed by atoms with E-state index in [9.17, 15) is 14.7 Å². The monoisotopic (exact) mass is 528 g/mol. The van der Waals surface area contributed by atoms with E-state index in [0.717, 1.165) is 27.9 Å². The molecule has 10 heteroatoms. The number of ketones is 1. The molecule has 10 nitrogen and oxygen atoms in total. The van der Waals surface area contributed by atoms with Crippen LogP contribution in [0.5, 0.6) is 0 Å². The fourth-order valence-electron chi connectivity index (χ4n) is 5.18. The van der Waals surface area contributed by atoms with E-state index < -0.39 is 6.10 Å². The number of hydrogen-bond acceptors (Lipinski definition) is 8. The number of benzene rings is 1. The van der Waals surface area contributed by atoms with Gasteiger partial charge in [0.25, 0.3) is 5.91 Å². The van der Waals surface area contributed by atoms with Crippen LogP contribution in [-0.2, 0) is 16.1 Å². The average Bonchev–Trinajstić information content (AvgIpc) is 3.40. The van der Waals surface area contributed by atoms with Gasteiger partial charge in [-0.05, 0) is 44.4 Å². The molecule has 0 spiro atoms. The maximum atomic E-state index is 12.7. The first-order chi connectivity index (χ1) is 18.8. The second-order valence-corrected chi connectivity index (χ2v) is 9.88. The summed E-state index contributed by atoms with van der Waals surface area (Å²) < 4.78 is 6.70. The molecule has 1 aliphatic rings. The Morgan fingerprint density at radius 1 is 1.15 bits per heavy atom. The second-order valence-electron chi connectivity index (χ2n) is 9.88. The van der Waals surface area contributed by atoms with Crippen molar-refractivity contribution in [2.45, 2.75) is 45.3 Å². The lowest BCUT2D eigenvalue weighted by Crippen LogP contribution is -2.43. The number of rotatable bonds is 7. The predicted molar refractivity (Wildman–Crippen MR) is 147 cm³/mol. The number of pyridine rings is 1. The van der Waals surface area contributed by atoms with Crippen molar-refractivity contribution in [3.05, 3.63) is 65.6 Å². The number of likely N-dealkylation sites (tertiary alicyclic amines) is 1. The second kappa shape index (κ2) is 10.9. The summed E-state index contributed by atoms with van der Waals surface area (Å²) in [6.07, 6.45) is 4.28. The van der Waals surface area contributed by atoms with Gasteiger partial charge >= 0.3 is 0 Å². The lowest BCUT2D eigenvalue weighted by atomic mass is 9.89. The highest BCUT2D eigenvalue weighted by atomic mass is 16.5. The van der Waals surface area contributed by atoms with E-state index in [0.29, 0.717) is 42.8 Å². The van der Waals surface area contributed by atoms with E-state index in [4.69, 9.17) is 15.5 Å². The molecule has 1 aliphatic heterocycles. The summed E-state index contributed by atoms with van der Waals surface area (Å²) in [4.78, 5) is 36.7. The maximum absolute atomic E-state index is 12.7. The molecule has 0 unspecified atom stereocenters. The number of carbonyl (C=O) groups is 2. The van der Waals surface area contributed by atoms with Gasteiger partial charge in [0.2, 0.25) is 0 Å². The molecular formula is C29H32N6O4. The first-order valence-electron chi connectivity index (χ1n) is 13.0. The Bertz CT molecular complexity index is 1520. The van der Waals surface area contributed by atoms with Gasteiger partial charge in [-0.3, -0.25) is 14.6 Å². The summed E-state index contributed by atoms with van der Waals surface area (Å²) in [5.41, 5.74) is 12.2. The molecular weight excluding hydrogens is 496 g/mol. The fourth-order valence-corrected chi connectivity index (χ4v) is 5.18. The highest BCUT2D eigenvalue weighted by Crippen LogP contribution is 2.35. The number of nitrogens with two attached hydrogens (primary N) is 1. The smallest absolute Gasteiger partial charge is 0.251 e. The van der Waals surface area contributed by atoms with Crippen molar-refractivity contribution in [3.63, 3.8) is 0 Å². The predicted octanol–water partition coefficient (Wildman–Crippen LogP) is 3.48. The minimum absolute atomic E-state index is 0.0276. The van der Waals surface area contributed by atoms with Gasteiger partial charge in [0, 0.05) is 49.0 Å². The summed E-state index contributed by atoms with van der Waals surface area (Å²) in [5, 5.41) is 13.9. The Morgan fingerprint density at radius 3 is 2.56 bits per heavy atom. The Kier molecular flexibility index (Phi) is 7.40. The standard InChI is InChI=1S/C29H32N6O4/c1-17(37)25-26(20-9-11-34(12-10-20)29(38)18(2)39-3)33-28-23(15-32-35(28)27(25)30)22-7-8-24(31-14-22)21-6-4-5-19(13-21)16-36/h4-8,13-15,18,20,36H,9-12,16,30H2,1-3H3/t18-/m1/s1. The number of nitrogens with zero attached hydrogens (tertiary/aromatic N) is 5. The first-order valence-corrected chi connectivity index (χ1v) is 13.0. The summed E-state index contributed by atoms with van der Waals surface area (Å²) in [7, 11) is 1.53. The Labute approximate surface area is 226 Å². The van der Waals surface area contributed by atoms with Gasteiger partial charge in [0.1, 0.15) is 11.9 Å².